The van der Waals surface area contributed by atoms with Gasteiger partial charge in [0.1, 0.15) is 5.71 Å². The van der Waals surface area contributed by atoms with E-state index >= 15 is 0 Å². The van der Waals surface area contributed by atoms with E-state index in [9.17, 15) is 4.79 Å². The molecule has 0 saturated heterocycles. The summed E-state index contributed by atoms with van der Waals surface area (Å²) < 4.78 is 0. The van der Waals surface area contributed by atoms with Crippen LogP contribution in [0.2, 0.25) is 0 Å². The van der Waals surface area contributed by atoms with E-state index in [-0.39, 0.29) is 5.78 Å². The molecular weight excluding hydrogens is 398 g/mol. The third-order valence-corrected chi connectivity index (χ3v) is 5.59. The van der Waals surface area contributed by atoms with Gasteiger partial charge in [0.15, 0.2) is 5.78 Å². The van der Waals surface area contributed by atoms with Crippen LogP contribution in [0.4, 0.5) is 11.4 Å². The molecule has 5 nitrogen and oxygen atoms in total. The third kappa shape index (κ3) is 4.67. The number of carbonyl (C=O) groups is 1. The quantitative estimate of drug-likeness (QED) is 0.284. The summed E-state index contributed by atoms with van der Waals surface area (Å²) in [5, 5.41) is 4.29. The maximum absolute atomic E-state index is 11.9. The van der Waals surface area contributed by atoms with Gasteiger partial charge in [-0.25, -0.2) is 0 Å². The van der Waals surface area contributed by atoms with Crippen LogP contribution in [0.1, 0.15) is 30.5 Å². The zero-order valence-electron chi connectivity index (χ0n) is 19.7. The number of ketones is 1. The summed E-state index contributed by atoms with van der Waals surface area (Å²) in [6.07, 6.45) is 0. The molecule has 166 valence electrons. The molecule has 0 radical (unpaired) electrons. The van der Waals surface area contributed by atoms with Gasteiger partial charge in [-0.05, 0) is 31.2 Å². The van der Waals surface area contributed by atoms with Crippen LogP contribution in [0.25, 0.3) is 0 Å². The van der Waals surface area contributed by atoms with Gasteiger partial charge in [0.2, 0.25) is 5.60 Å². The Bertz CT molecular complexity index is 1020. The van der Waals surface area contributed by atoms with Gasteiger partial charge in [-0.2, -0.15) is 0 Å². The van der Waals surface area contributed by atoms with E-state index in [1.807, 2.05) is 58.5 Å². The smallest absolute Gasteiger partial charge is 0.212 e. The maximum atomic E-state index is 11.9. The van der Waals surface area contributed by atoms with Gasteiger partial charge in [-0.1, -0.05) is 59.8 Å². The van der Waals surface area contributed by atoms with Crippen LogP contribution in [0.5, 0.6) is 0 Å². The summed E-state index contributed by atoms with van der Waals surface area (Å²) in [5.41, 5.74) is 4.24. The molecule has 5 heteroatoms. The van der Waals surface area contributed by atoms with Crippen molar-refractivity contribution in [2.75, 3.05) is 38.0 Å². The average Bonchev–Trinajstić information content (AvgIpc) is 2.80. The highest BCUT2D eigenvalue weighted by Crippen LogP contribution is 2.41. The van der Waals surface area contributed by atoms with E-state index < -0.39 is 5.60 Å². The van der Waals surface area contributed by atoms with Crippen molar-refractivity contribution in [3.63, 3.8) is 0 Å². The molecule has 0 atom stereocenters. The molecule has 0 aliphatic rings. The minimum absolute atomic E-state index is 0.127. The zero-order valence-corrected chi connectivity index (χ0v) is 19.7. The number of hydrogen-bond acceptors (Lipinski definition) is 5. The summed E-state index contributed by atoms with van der Waals surface area (Å²) in [7, 11) is 8.04. The van der Waals surface area contributed by atoms with Crippen LogP contribution in [-0.2, 0) is 15.2 Å². The highest BCUT2D eigenvalue weighted by atomic mass is 16.7. The second-order valence-electron chi connectivity index (χ2n) is 8.25. The number of nitrogens with zero attached hydrogens (tertiary/aromatic N) is 3. The van der Waals surface area contributed by atoms with Crippen LogP contribution in [-0.4, -0.2) is 39.7 Å². The fraction of sp³-hybridized carbons (Fsp3) is 0.259. The van der Waals surface area contributed by atoms with Crippen molar-refractivity contribution in [3.8, 4) is 0 Å². The van der Waals surface area contributed by atoms with Gasteiger partial charge in [0.05, 0.1) is 0 Å². The van der Waals surface area contributed by atoms with Crippen molar-refractivity contribution in [2.24, 2.45) is 5.16 Å². The van der Waals surface area contributed by atoms with E-state index in [0.29, 0.717) is 5.71 Å². The summed E-state index contributed by atoms with van der Waals surface area (Å²) in [6.45, 7) is 3.16. The highest BCUT2D eigenvalue weighted by molar-refractivity contribution is 6.37. The predicted molar refractivity (Wildman–Crippen MR) is 133 cm³/mol. The Hall–Kier alpha value is -3.60. The van der Waals surface area contributed by atoms with Crippen molar-refractivity contribution >= 4 is 22.9 Å². The predicted octanol–water partition coefficient (Wildman–Crippen LogP) is 5.09. The molecule has 0 fully saturated rings. The van der Waals surface area contributed by atoms with Gasteiger partial charge in [-0.15, -0.1) is 0 Å². The summed E-state index contributed by atoms with van der Waals surface area (Å²) in [4.78, 5) is 22.3. The molecule has 0 bridgehead atoms. The first-order valence-corrected chi connectivity index (χ1v) is 10.6. The molecule has 0 aliphatic carbocycles. The molecule has 3 aromatic rings. The van der Waals surface area contributed by atoms with Crippen molar-refractivity contribution in [1.29, 1.82) is 0 Å². The SMILES string of the molecule is CC(=O)/C(C)=N/OC(c1ccccc1)(c1ccc(N(C)C)cc1)c1ccc(N(C)C)cc1. The maximum Gasteiger partial charge on any atom is 0.212 e. The van der Waals surface area contributed by atoms with Crippen LogP contribution in [0, 0.1) is 0 Å². The lowest BCUT2D eigenvalue weighted by Crippen LogP contribution is -2.32. The summed E-state index contributed by atoms with van der Waals surface area (Å²) >= 11 is 0. The monoisotopic (exact) mass is 429 g/mol. The Morgan fingerprint density at radius 1 is 0.688 bits per heavy atom. The van der Waals surface area contributed by atoms with Crippen LogP contribution in [0.15, 0.2) is 84.0 Å². The number of anilines is 2. The van der Waals surface area contributed by atoms with Gasteiger partial charge in [0.25, 0.3) is 0 Å². The van der Waals surface area contributed by atoms with Crippen LogP contribution in [0.3, 0.4) is 0 Å². The van der Waals surface area contributed by atoms with Gasteiger partial charge in [-0.3, -0.25) is 4.79 Å². The summed E-state index contributed by atoms with van der Waals surface area (Å²) in [5.74, 6) is -0.127. The highest BCUT2D eigenvalue weighted by Gasteiger charge is 2.40. The molecule has 3 aromatic carbocycles. The van der Waals surface area contributed by atoms with Crippen molar-refractivity contribution in [1.82, 2.24) is 0 Å². The molecule has 0 spiro atoms. The minimum Gasteiger partial charge on any atom is -0.378 e. The topological polar surface area (TPSA) is 45.1 Å². The van der Waals surface area contributed by atoms with Crippen molar-refractivity contribution in [2.45, 2.75) is 19.4 Å². The lowest BCUT2D eigenvalue weighted by Gasteiger charge is -2.34. The number of hydrogen-bond donors (Lipinski definition) is 0. The minimum atomic E-state index is -1.02. The molecule has 0 saturated carbocycles. The van der Waals surface area contributed by atoms with E-state index in [1.54, 1.807) is 6.92 Å². The number of rotatable bonds is 8. The van der Waals surface area contributed by atoms with E-state index in [4.69, 9.17) is 4.84 Å². The zero-order chi connectivity index (χ0) is 23.3. The van der Waals surface area contributed by atoms with E-state index in [1.165, 1.54) is 6.92 Å². The Morgan fingerprint density at radius 3 is 1.47 bits per heavy atom. The molecule has 0 aromatic heterocycles. The van der Waals surface area contributed by atoms with E-state index in [0.717, 1.165) is 28.1 Å². The summed E-state index contributed by atoms with van der Waals surface area (Å²) in [6, 6.07) is 26.5. The first-order valence-electron chi connectivity index (χ1n) is 10.6. The lowest BCUT2D eigenvalue weighted by atomic mass is 9.80. The van der Waals surface area contributed by atoms with E-state index in [2.05, 4.69) is 63.5 Å². The number of oxime groups is 1. The lowest BCUT2D eigenvalue weighted by molar-refractivity contribution is -0.111. The Labute approximate surface area is 190 Å². The Kier molecular flexibility index (Phi) is 6.98. The Balaban J connectivity index is 2.29. The first-order chi connectivity index (χ1) is 15.3. The number of benzene rings is 3. The molecule has 32 heavy (non-hydrogen) atoms. The molecule has 3 rings (SSSR count). The van der Waals surface area contributed by atoms with Crippen molar-refractivity contribution < 1.29 is 9.63 Å². The fourth-order valence-corrected chi connectivity index (χ4v) is 3.52. The fourth-order valence-electron chi connectivity index (χ4n) is 3.52. The molecule has 0 heterocycles. The van der Waals surface area contributed by atoms with Crippen LogP contribution < -0.4 is 9.80 Å². The first kappa shape index (κ1) is 23.1. The standard InChI is InChI=1S/C27H31N3O2/c1-20(21(2)31)28-32-27(22-10-8-7-9-11-22,23-12-16-25(17-13-23)29(3)4)24-14-18-26(19-15-24)30(5)6/h7-19H,1-6H3/b28-20+. The molecule has 0 amide bonds. The average molecular weight is 430 g/mol. The second kappa shape index (κ2) is 9.69. The van der Waals surface area contributed by atoms with Crippen LogP contribution >= 0.6 is 0 Å². The number of Topliss-reactive ketones (excluding diaryl/α,β-unsaturated/α-hetero) is 1. The molecule has 0 unspecified atom stereocenters. The third-order valence-electron chi connectivity index (χ3n) is 5.59. The largest absolute Gasteiger partial charge is 0.378 e. The molecule has 0 aliphatic heterocycles. The molecule has 0 N–H and O–H groups in total. The number of carbonyl (C=O) groups excluding carboxylic acids is 1. The van der Waals surface area contributed by atoms with Crippen molar-refractivity contribution in [3.05, 3.63) is 95.6 Å². The van der Waals surface area contributed by atoms with Gasteiger partial charge < -0.3 is 14.6 Å². The molecular formula is C27H31N3O2. The Morgan fingerprint density at radius 2 is 1.09 bits per heavy atom. The van der Waals surface area contributed by atoms with Gasteiger partial charge >= 0.3 is 0 Å². The normalized spacial score (nSPS) is 11.8. The second-order valence-corrected chi connectivity index (χ2v) is 8.25. The van der Waals surface area contributed by atoms with Gasteiger partial charge in [0, 0.05) is 63.2 Å².